The molecule has 0 unspecified atom stereocenters. The van der Waals surface area contributed by atoms with Crippen molar-refractivity contribution in [3.05, 3.63) is 80.1 Å². The first kappa shape index (κ1) is 19.9. The van der Waals surface area contributed by atoms with Crippen molar-refractivity contribution in [2.45, 2.75) is 19.5 Å². The molecule has 0 aliphatic carbocycles. The quantitative estimate of drug-likeness (QED) is 0.365. The van der Waals surface area contributed by atoms with Crippen molar-refractivity contribution in [1.82, 2.24) is 9.88 Å². The predicted molar refractivity (Wildman–Crippen MR) is 112 cm³/mol. The molecule has 0 saturated heterocycles. The number of nitrogens with zero attached hydrogens (tertiary/aromatic N) is 3. The lowest BCUT2D eigenvalue weighted by molar-refractivity contribution is -0.384. The number of nitrogens with two attached hydrogens (primary N) is 1. The van der Waals surface area contributed by atoms with E-state index >= 15 is 0 Å². The van der Waals surface area contributed by atoms with E-state index in [-0.39, 0.29) is 11.3 Å². The van der Waals surface area contributed by atoms with Gasteiger partial charge in [-0.25, -0.2) is 9.37 Å². The van der Waals surface area contributed by atoms with Gasteiger partial charge in [-0.1, -0.05) is 30.3 Å². The Bertz CT molecular complexity index is 1120. The van der Waals surface area contributed by atoms with E-state index in [1.54, 1.807) is 0 Å². The normalized spacial score (nSPS) is 13.6. The molecule has 10 heteroatoms. The Morgan fingerprint density at radius 1 is 1.33 bits per heavy atom. The number of nitrogen functional groups attached to an aromatic ring is 1. The maximum absolute atomic E-state index is 13.7. The van der Waals surface area contributed by atoms with Crippen LogP contribution in [0, 0.1) is 15.9 Å². The highest BCUT2D eigenvalue weighted by Crippen LogP contribution is 2.31. The number of hydrogen-bond acceptors (Lipinski definition) is 7. The van der Waals surface area contributed by atoms with Gasteiger partial charge in [-0.15, -0.1) is 11.3 Å². The molecule has 3 aromatic rings. The van der Waals surface area contributed by atoms with Gasteiger partial charge in [0.2, 0.25) is 0 Å². The van der Waals surface area contributed by atoms with E-state index in [2.05, 4.69) is 27.3 Å². The van der Waals surface area contributed by atoms with Crippen molar-refractivity contribution >= 4 is 33.8 Å². The summed E-state index contributed by atoms with van der Waals surface area (Å²) in [5.74, 6) is -1.64. The second-order valence-corrected chi connectivity index (χ2v) is 8.02. The molecule has 30 heavy (non-hydrogen) atoms. The summed E-state index contributed by atoms with van der Waals surface area (Å²) in [5.41, 5.74) is 6.53. The lowest BCUT2D eigenvalue weighted by atomic mass is 10.1. The Labute approximate surface area is 175 Å². The molecule has 154 valence electrons. The van der Waals surface area contributed by atoms with Crippen LogP contribution in [0.1, 0.15) is 26.5 Å². The van der Waals surface area contributed by atoms with Crippen LogP contribution in [0.3, 0.4) is 0 Å². The Morgan fingerprint density at radius 2 is 2.10 bits per heavy atom. The number of halogens is 1. The summed E-state index contributed by atoms with van der Waals surface area (Å²) in [6, 6.07) is 11.7. The highest BCUT2D eigenvalue weighted by Gasteiger charge is 2.24. The fourth-order valence-corrected chi connectivity index (χ4v) is 4.43. The van der Waals surface area contributed by atoms with Crippen LogP contribution in [-0.2, 0) is 19.5 Å². The standard InChI is InChI=1S/C20H18FN5O3S/c21-13-8-14(18(22)16(9-13)26(28)29)19(27)24-20-23-15-6-7-25(11-17(15)30-20)10-12-4-2-1-3-5-12/h1-5,8-9H,6-7,10-11,22H2,(H,23,24,27). The van der Waals surface area contributed by atoms with Gasteiger partial charge in [-0.05, 0) is 11.6 Å². The largest absolute Gasteiger partial charge is 0.393 e. The molecule has 4 rings (SSSR count). The number of hydrogen-bond donors (Lipinski definition) is 2. The highest BCUT2D eigenvalue weighted by atomic mass is 32.1. The van der Waals surface area contributed by atoms with E-state index in [9.17, 15) is 19.3 Å². The van der Waals surface area contributed by atoms with Crippen LogP contribution < -0.4 is 11.1 Å². The number of fused-ring (bicyclic) bond motifs is 1. The van der Waals surface area contributed by atoms with Gasteiger partial charge in [0.05, 0.1) is 22.2 Å². The summed E-state index contributed by atoms with van der Waals surface area (Å²) in [7, 11) is 0. The average Bonchev–Trinajstić information content (AvgIpc) is 3.11. The summed E-state index contributed by atoms with van der Waals surface area (Å²) < 4.78 is 13.7. The van der Waals surface area contributed by atoms with Crippen LogP contribution in [0.5, 0.6) is 0 Å². The number of nitrogens with one attached hydrogen (secondary N) is 1. The molecule has 2 aromatic carbocycles. The monoisotopic (exact) mass is 427 g/mol. The number of nitro benzene ring substituents is 1. The van der Waals surface area contributed by atoms with Gasteiger partial charge < -0.3 is 5.73 Å². The summed E-state index contributed by atoms with van der Waals surface area (Å²) >= 11 is 1.34. The molecule has 0 radical (unpaired) electrons. The van der Waals surface area contributed by atoms with Gasteiger partial charge in [0.1, 0.15) is 11.5 Å². The van der Waals surface area contributed by atoms with Crippen LogP contribution >= 0.6 is 11.3 Å². The van der Waals surface area contributed by atoms with Crippen molar-refractivity contribution in [1.29, 1.82) is 0 Å². The topological polar surface area (TPSA) is 114 Å². The third kappa shape index (κ3) is 4.14. The lowest BCUT2D eigenvalue weighted by Gasteiger charge is -2.25. The van der Waals surface area contributed by atoms with Crippen LogP contribution in [-0.4, -0.2) is 27.3 Å². The molecule has 0 atom stereocenters. The second kappa shape index (κ2) is 8.17. The molecule has 1 aliphatic heterocycles. The molecule has 1 aliphatic rings. The van der Waals surface area contributed by atoms with Crippen molar-refractivity contribution in [3.63, 3.8) is 0 Å². The maximum atomic E-state index is 13.7. The first-order chi connectivity index (χ1) is 14.4. The number of benzene rings is 2. The van der Waals surface area contributed by atoms with Crippen molar-refractivity contribution in [2.75, 3.05) is 17.6 Å². The first-order valence-corrected chi connectivity index (χ1v) is 10.0. The Hall–Kier alpha value is -3.37. The zero-order valence-electron chi connectivity index (χ0n) is 15.8. The van der Waals surface area contributed by atoms with Gasteiger partial charge in [-0.3, -0.25) is 25.1 Å². The van der Waals surface area contributed by atoms with E-state index in [0.717, 1.165) is 36.1 Å². The minimum absolute atomic E-state index is 0.291. The molecule has 2 heterocycles. The van der Waals surface area contributed by atoms with Gasteiger partial charge in [0.25, 0.3) is 11.6 Å². The highest BCUT2D eigenvalue weighted by molar-refractivity contribution is 7.15. The molecule has 0 fully saturated rings. The van der Waals surface area contributed by atoms with Gasteiger partial charge in [0.15, 0.2) is 5.13 Å². The number of nitro groups is 1. The number of thiazole rings is 1. The Morgan fingerprint density at radius 3 is 2.83 bits per heavy atom. The van der Waals surface area contributed by atoms with E-state index in [0.29, 0.717) is 17.7 Å². The van der Waals surface area contributed by atoms with Crippen molar-refractivity contribution in [2.24, 2.45) is 0 Å². The molecule has 3 N–H and O–H groups in total. The third-order valence-corrected chi connectivity index (χ3v) is 5.84. The van der Waals surface area contributed by atoms with Gasteiger partial charge >= 0.3 is 0 Å². The maximum Gasteiger partial charge on any atom is 0.295 e. The van der Waals surface area contributed by atoms with Gasteiger partial charge in [-0.2, -0.15) is 0 Å². The predicted octanol–water partition coefficient (Wildman–Crippen LogP) is 3.58. The first-order valence-electron chi connectivity index (χ1n) is 9.20. The fraction of sp³-hybridized carbons (Fsp3) is 0.200. The summed E-state index contributed by atoms with van der Waals surface area (Å²) in [6.07, 6.45) is 0.752. The smallest absolute Gasteiger partial charge is 0.295 e. The number of rotatable bonds is 5. The minimum atomic E-state index is -0.906. The molecule has 0 spiro atoms. The fourth-order valence-electron chi connectivity index (χ4n) is 3.39. The minimum Gasteiger partial charge on any atom is -0.393 e. The lowest BCUT2D eigenvalue weighted by Crippen LogP contribution is -2.29. The van der Waals surface area contributed by atoms with E-state index in [1.165, 1.54) is 16.9 Å². The molecule has 0 bridgehead atoms. The zero-order chi connectivity index (χ0) is 21.3. The molecular weight excluding hydrogens is 409 g/mol. The van der Waals surface area contributed by atoms with Gasteiger partial charge in [0, 0.05) is 30.9 Å². The molecule has 0 saturated carbocycles. The van der Waals surface area contributed by atoms with E-state index in [1.807, 2.05) is 18.2 Å². The number of carbonyl (C=O) groups excluding carboxylic acids is 1. The Balaban J connectivity index is 1.49. The summed E-state index contributed by atoms with van der Waals surface area (Å²) in [5, 5.41) is 14.0. The van der Waals surface area contributed by atoms with Crippen molar-refractivity contribution in [3.8, 4) is 0 Å². The third-order valence-electron chi connectivity index (χ3n) is 4.84. The summed E-state index contributed by atoms with van der Waals surface area (Å²) in [6.45, 7) is 2.39. The molecule has 8 nitrogen and oxygen atoms in total. The Kier molecular flexibility index (Phi) is 5.42. The van der Waals surface area contributed by atoms with E-state index in [4.69, 9.17) is 5.73 Å². The van der Waals surface area contributed by atoms with E-state index < -0.39 is 22.3 Å². The SMILES string of the molecule is Nc1c(C(=O)Nc2nc3c(s2)CN(Cc2ccccc2)CC3)cc(F)cc1[N+](=O)[O-]. The number of anilines is 2. The molecule has 1 amide bonds. The van der Waals surface area contributed by atoms with Crippen LogP contribution in [0.15, 0.2) is 42.5 Å². The molecule has 1 aromatic heterocycles. The second-order valence-electron chi connectivity index (χ2n) is 6.93. The van der Waals surface area contributed by atoms with Crippen LogP contribution in [0.4, 0.5) is 20.9 Å². The number of amides is 1. The van der Waals surface area contributed by atoms with Crippen LogP contribution in [0.2, 0.25) is 0 Å². The zero-order valence-corrected chi connectivity index (χ0v) is 16.6. The van der Waals surface area contributed by atoms with Crippen LogP contribution in [0.25, 0.3) is 0 Å². The number of carbonyl (C=O) groups is 1. The summed E-state index contributed by atoms with van der Waals surface area (Å²) in [4.78, 5) is 30.6. The molecular formula is C20H18FN5O3S. The number of aromatic nitrogens is 1. The average molecular weight is 427 g/mol. The van der Waals surface area contributed by atoms with Crippen molar-refractivity contribution < 1.29 is 14.1 Å².